The van der Waals surface area contributed by atoms with Crippen molar-refractivity contribution in [3.8, 4) is 5.75 Å². The van der Waals surface area contributed by atoms with Gasteiger partial charge in [-0.05, 0) is 36.5 Å². The van der Waals surface area contributed by atoms with E-state index >= 15 is 0 Å². The third kappa shape index (κ3) is 2.33. The summed E-state index contributed by atoms with van der Waals surface area (Å²) in [5, 5.41) is 0.663. The van der Waals surface area contributed by atoms with Crippen molar-refractivity contribution < 1.29 is 4.74 Å². The second kappa shape index (κ2) is 5.07. The monoisotopic (exact) mass is 239 g/mol. The van der Waals surface area contributed by atoms with Crippen molar-refractivity contribution in [2.75, 3.05) is 7.11 Å². The molecule has 1 saturated carbocycles. The number of methoxy groups -OCH3 is 1. The standard InChI is InChI=1S/C13H18ClNO/c1-16-13-8-9(6-7-11(13)14)10-4-2-3-5-12(10)15/h6-8,10,12H,2-5,15H2,1H3. The molecule has 0 aromatic heterocycles. The fourth-order valence-corrected chi connectivity index (χ4v) is 2.68. The lowest BCUT2D eigenvalue weighted by molar-refractivity contribution is 0.381. The van der Waals surface area contributed by atoms with Gasteiger partial charge in [0, 0.05) is 6.04 Å². The number of hydrogen-bond donors (Lipinski definition) is 1. The van der Waals surface area contributed by atoms with Crippen LogP contribution in [0, 0.1) is 0 Å². The molecule has 3 heteroatoms. The van der Waals surface area contributed by atoms with Crippen LogP contribution in [0.15, 0.2) is 18.2 Å². The van der Waals surface area contributed by atoms with Crippen molar-refractivity contribution in [3.63, 3.8) is 0 Å². The first-order valence-corrected chi connectivity index (χ1v) is 6.19. The zero-order valence-corrected chi connectivity index (χ0v) is 10.3. The van der Waals surface area contributed by atoms with Crippen molar-refractivity contribution in [2.45, 2.75) is 37.6 Å². The molecule has 0 saturated heterocycles. The second-order valence-corrected chi connectivity index (χ2v) is 4.86. The minimum atomic E-state index is 0.277. The Bertz CT molecular complexity index is 367. The molecule has 2 atom stereocenters. The van der Waals surface area contributed by atoms with Crippen LogP contribution in [0.25, 0.3) is 0 Å². The highest BCUT2D eigenvalue weighted by Crippen LogP contribution is 2.35. The number of halogens is 1. The quantitative estimate of drug-likeness (QED) is 0.859. The fraction of sp³-hybridized carbons (Fsp3) is 0.538. The molecule has 2 rings (SSSR count). The molecule has 0 spiro atoms. The summed E-state index contributed by atoms with van der Waals surface area (Å²) in [6.45, 7) is 0. The van der Waals surface area contributed by atoms with Gasteiger partial charge < -0.3 is 10.5 Å². The van der Waals surface area contributed by atoms with Gasteiger partial charge in [-0.15, -0.1) is 0 Å². The topological polar surface area (TPSA) is 35.2 Å². The van der Waals surface area contributed by atoms with Crippen LogP contribution in [-0.2, 0) is 0 Å². The molecule has 88 valence electrons. The van der Waals surface area contributed by atoms with Crippen LogP contribution in [0.3, 0.4) is 0 Å². The van der Waals surface area contributed by atoms with Crippen LogP contribution in [-0.4, -0.2) is 13.2 Å². The summed E-state index contributed by atoms with van der Waals surface area (Å²) in [5.41, 5.74) is 7.42. The molecule has 2 N–H and O–H groups in total. The van der Waals surface area contributed by atoms with Gasteiger partial charge in [0.1, 0.15) is 5.75 Å². The molecule has 1 aromatic carbocycles. The van der Waals surface area contributed by atoms with Gasteiger partial charge in [-0.2, -0.15) is 0 Å². The molecule has 0 heterocycles. The Kier molecular flexibility index (Phi) is 3.72. The molecule has 0 bridgehead atoms. The highest BCUT2D eigenvalue weighted by molar-refractivity contribution is 6.32. The smallest absolute Gasteiger partial charge is 0.137 e. The molecule has 0 radical (unpaired) electrons. The van der Waals surface area contributed by atoms with E-state index in [1.165, 1.54) is 24.8 Å². The Balaban J connectivity index is 2.25. The normalized spacial score (nSPS) is 25.4. The summed E-state index contributed by atoms with van der Waals surface area (Å²) in [5.74, 6) is 1.21. The predicted molar refractivity (Wildman–Crippen MR) is 67.2 cm³/mol. The maximum Gasteiger partial charge on any atom is 0.137 e. The van der Waals surface area contributed by atoms with E-state index in [1.54, 1.807) is 7.11 Å². The van der Waals surface area contributed by atoms with E-state index < -0.39 is 0 Å². The van der Waals surface area contributed by atoms with Gasteiger partial charge in [0.05, 0.1) is 12.1 Å². The summed E-state index contributed by atoms with van der Waals surface area (Å²) >= 11 is 6.02. The zero-order valence-electron chi connectivity index (χ0n) is 9.58. The van der Waals surface area contributed by atoms with E-state index in [9.17, 15) is 0 Å². The van der Waals surface area contributed by atoms with Crippen LogP contribution in [0.1, 0.15) is 37.2 Å². The molecule has 1 aromatic rings. The molecule has 1 fully saturated rings. The summed E-state index contributed by atoms with van der Waals surface area (Å²) in [7, 11) is 1.64. The molecule has 2 nitrogen and oxygen atoms in total. The van der Waals surface area contributed by atoms with Gasteiger partial charge >= 0.3 is 0 Å². The van der Waals surface area contributed by atoms with Crippen LogP contribution >= 0.6 is 11.6 Å². The SMILES string of the molecule is COc1cc(C2CCCCC2N)ccc1Cl. The number of ether oxygens (including phenoxy) is 1. The first kappa shape index (κ1) is 11.7. The van der Waals surface area contributed by atoms with E-state index in [0.717, 1.165) is 12.2 Å². The predicted octanol–water partition coefficient (Wildman–Crippen LogP) is 3.33. The van der Waals surface area contributed by atoms with Gasteiger partial charge in [0.2, 0.25) is 0 Å². The van der Waals surface area contributed by atoms with E-state index in [4.69, 9.17) is 22.1 Å². The molecular weight excluding hydrogens is 222 g/mol. The zero-order chi connectivity index (χ0) is 11.5. The first-order valence-electron chi connectivity index (χ1n) is 5.81. The average molecular weight is 240 g/mol. The van der Waals surface area contributed by atoms with Gasteiger partial charge in [-0.3, -0.25) is 0 Å². The largest absolute Gasteiger partial charge is 0.495 e. The van der Waals surface area contributed by atoms with Gasteiger partial charge in [-0.1, -0.05) is 30.5 Å². The lowest BCUT2D eigenvalue weighted by atomic mass is 9.80. The maximum absolute atomic E-state index is 6.17. The molecule has 1 aliphatic carbocycles. The van der Waals surface area contributed by atoms with Crippen LogP contribution in [0.4, 0.5) is 0 Å². The van der Waals surface area contributed by atoms with E-state index in [1.807, 2.05) is 12.1 Å². The molecule has 0 amide bonds. The molecule has 16 heavy (non-hydrogen) atoms. The van der Waals surface area contributed by atoms with Gasteiger partial charge in [0.15, 0.2) is 0 Å². The Morgan fingerprint density at radius 1 is 1.31 bits per heavy atom. The Morgan fingerprint density at radius 3 is 2.75 bits per heavy atom. The van der Waals surface area contributed by atoms with Crippen LogP contribution in [0.2, 0.25) is 5.02 Å². The summed E-state index contributed by atoms with van der Waals surface area (Å²) in [6, 6.07) is 6.27. The Hall–Kier alpha value is -0.730. The highest BCUT2D eigenvalue weighted by Gasteiger charge is 2.23. The number of rotatable bonds is 2. The van der Waals surface area contributed by atoms with Gasteiger partial charge in [-0.25, -0.2) is 0 Å². The second-order valence-electron chi connectivity index (χ2n) is 4.45. The van der Waals surface area contributed by atoms with E-state index in [-0.39, 0.29) is 6.04 Å². The Labute approximate surface area is 102 Å². The van der Waals surface area contributed by atoms with Crippen molar-refractivity contribution >= 4 is 11.6 Å². The van der Waals surface area contributed by atoms with Gasteiger partial charge in [0.25, 0.3) is 0 Å². The van der Waals surface area contributed by atoms with Crippen LogP contribution < -0.4 is 10.5 Å². The third-order valence-electron chi connectivity index (χ3n) is 3.42. The van der Waals surface area contributed by atoms with E-state index in [0.29, 0.717) is 10.9 Å². The molecule has 2 unspecified atom stereocenters. The minimum absolute atomic E-state index is 0.277. The van der Waals surface area contributed by atoms with E-state index in [2.05, 4.69) is 6.07 Å². The maximum atomic E-state index is 6.17. The third-order valence-corrected chi connectivity index (χ3v) is 3.73. The fourth-order valence-electron chi connectivity index (χ4n) is 2.48. The van der Waals surface area contributed by atoms with Crippen molar-refractivity contribution in [3.05, 3.63) is 28.8 Å². The average Bonchev–Trinajstić information content (AvgIpc) is 2.31. The summed E-state index contributed by atoms with van der Waals surface area (Å²) in [4.78, 5) is 0. The number of benzene rings is 1. The lowest BCUT2D eigenvalue weighted by Crippen LogP contribution is -2.31. The molecule has 1 aliphatic rings. The van der Waals surface area contributed by atoms with Crippen molar-refractivity contribution in [2.24, 2.45) is 5.73 Å². The highest BCUT2D eigenvalue weighted by atomic mass is 35.5. The molecular formula is C13H18ClNO. The number of hydrogen-bond acceptors (Lipinski definition) is 2. The van der Waals surface area contributed by atoms with Crippen LogP contribution in [0.5, 0.6) is 5.75 Å². The Morgan fingerprint density at radius 2 is 2.06 bits per heavy atom. The minimum Gasteiger partial charge on any atom is -0.495 e. The summed E-state index contributed by atoms with van der Waals surface area (Å²) in [6.07, 6.45) is 4.81. The van der Waals surface area contributed by atoms with Crippen molar-refractivity contribution in [1.82, 2.24) is 0 Å². The number of nitrogens with two attached hydrogens (primary N) is 1. The first-order chi connectivity index (χ1) is 7.72. The molecule has 0 aliphatic heterocycles. The summed E-state index contributed by atoms with van der Waals surface area (Å²) < 4.78 is 5.24. The lowest BCUT2D eigenvalue weighted by Gasteiger charge is -2.29. The van der Waals surface area contributed by atoms with Crippen molar-refractivity contribution in [1.29, 1.82) is 0 Å².